The van der Waals surface area contributed by atoms with Crippen LogP contribution in [0.1, 0.15) is 34.6 Å². The number of nitrogens with zero attached hydrogens (tertiary/aromatic N) is 2. The molecule has 144 valence electrons. The lowest BCUT2D eigenvalue weighted by Crippen LogP contribution is -2.26. The van der Waals surface area contributed by atoms with E-state index in [-0.39, 0.29) is 11.9 Å². The monoisotopic (exact) mass is 376 g/mol. The van der Waals surface area contributed by atoms with Gasteiger partial charge in [-0.1, -0.05) is 42.5 Å². The zero-order valence-electron chi connectivity index (χ0n) is 16.1. The summed E-state index contributed by atoms with van der Waals surface area (Å²) in [6.07, 6.45) is 3.78. The van der Waals surface area contributed by atoms with Gasteiger partial charge in [-0.25, -0.2) is 9.97 Å². The Morgan fingerprint density at radius 1 is 1.07 bits per heavy atom. The van der Waals surface area contributed by atoms with Crippen molar-refractivity contribution in [2.75, 3.05) is 19.0 Å². The van der Waals surface area contributed by atoms with Crippen LogP contribution in [0.25, 0.3) is 0 Å². The van der Waals surface area contributed by atoms with E-state index >= 15 is 0 Å². The van der Waals surface area contributed by atoms with Crippen molar-refractivity contribution in [1.82, 2.24) is 15.3 Å². The minimum absolute atomic E-state index is 0.0954. The second-order valence-electron chi connectivity index (χ2n) is 6.42. The number of hydrogen-bond acceptors (Lipinski definition) is 5. The lowest BCUT2D eigenvalue weighted by molar-refractivity contribution is 0.0949. The Balaban J connectivity index is 1.50. The maximum atomic E-state index is 12.3. The van der Waals surface area contributed by atoms with Crippen molar-refractivity contribution < 1.29 is 9.53 Å². The summed E-state index contributed by atoms with van der Waals surface area (Å²) >= 11 is 0. The van der Waals surface area contributed by atoms with Crippen molar-refractivity contribution in [2.24, 2.45) is 0 Å². The molecule has 0 saturated carbocycles. The van der Waals surface area contributed by atoms with E-state index in [1.165, 1.54) is 6.20 Å². The summed E-state index contributed by atoms with van der Waals surface area (Å²) in [4.78, 5) is 20.8. The largest absolute Gasteiger partial charge is 0.497 e. The molecular weight excluding hydrogens is 352 g/mol. The van der Waals surface area contributed by atoms with Gasteiger partial charge in [0, 0.05) is 12.6 Å². The van der Waals surface area contributed by atoms with Crippen molar-refractivity contribution in [1.29, 1.82) is 0 Å². The van der Waals surface area contributed by atoms with Crippen molar-refractivity contribution in [3.8, 4) is 5.75 Å². The van der Waals surface area contributed by atoms with Crippen LogP contribution >= 0.6 is 0 Å². The summed E-state index contributed by atoms with van der Waals surface area (Å²) in [6, 6.07) is 18.0. The molecule has 0 radical (unpaired) electrons. The Hall–Kier alpha value is -3.41. The van der Waals surface area contributed by atoms with E-state index in [4.69, 9.17) is 4.74 Å². The zero-order valence-corrected chi connectivity index (χ0v) is 16.1. The maximum absolute atomic E-state index is 12.3. The molecule has 2 N–H and O–H groups in total. The summed E-state index contributed by atoms with van der Waals surface area (Å²) in [5.74, 6) is 1.20. The van der Waals surface area contributed by atoms with Gasteiger partial charge in [-0.05, 0) is 36.6 Å². The number of benzene rings is 2. The van der Waals surface area contributed by atoms with E-state index in [1.54, 1.807) is 13.3 Å². The zero-order chi connectivity index (χ0) is 19.8. The van der Waals surface area contributed by atoms with Gasteiger partial charge in [0.25, 0.3) is 5.91 Å². The van der Waals surface area contributed by atoms with Gasteiger partial charge >= 0.3 is 0 Å². The van der Waals surface area contributed by atoms with Crippen LogP contribution < -0.4 is 15.4 Å². The predicted molar refractivity (Wildman–Crippen MR) is 110 cm³/mol. The van der Waals surface area contributed by atoms with Crippen molar-refractivity contribution in [2.45, 2.75) is 19.4 Å². The van der Waals surface area contributed by atoms with Crippen LogP contribution in [0.15, 0.2) is 67.0 Å². The van der Waals surface area contributed by atoms with E-state index in [2.05, 4.69) is 39.7 Å². The first-order valence-electron chi connectivity index (χ1n) is 9.20. The number of methoxy groups -OCH3 is 1. The minimum Gasteiger partial charge on any atom is -0.497 e. The maximum Gasteiger partial charge on any atom is 0.271 e. The summed E-state index contributed by atoms with van der Waals surface area (Å²) in [7, 11) is 1.64. The van der Waals surface area contributed by atoms with Crippen LogP contribution in [0.3, 0.4) is 0 Å². The molecule has 0 fully saturated rings. The Bertz CT molecular complexity index is 898. The molecule has 2 aromatic carbocycles. The number of aromatic nitrogens is 2. The molecule has 3 rings (SSSR count). The molecule has 0 aliphatic carbocycles. The van der Waals surface area contributed by atoms with Gasteiger partial charge in [0.15, 0.2) is 0 Å². The summed E-state index contributed by atoms with van der Waals surface area (Å²) < 4.78 is 5.21. The number of nitrogens with one attached hydrogen (secondary N) is 2. The van der Waals surface area contributed by atoms with Crippen LogP contribution in [0, 0.1) is 0 Å². The number of carbonyl (C=O) groups excluding carboxylic acids is 1. The Kier molecular flexibility index (Phi) is 6.57. The molecular formula is C22H24N4O2. The highest BCUT2D eigenvalue weighted by molar-refractivity contribution is 5.92. The topological polar surface area (TPSA) is 76.1 Å². The van der Waals surface area contributed by atoms with Crippen LogP contribution in [-0.4, -0.2) is 29.5 Å². The SMILES string of the molecule is COc1cccc(CCNC(=O)c2cnc(NC(C)c3ccccc3)cn2)c1. The van der Waals surface area contributed by atoms with Crippen molar-refractivity contribution in [3.05, 3.63) is 83.8 Å². The Labute approximate surface area is 165 Å². The highest BCUT2D eigenvalue weighted by Crippen LogP contribution is 2.16. The Morgan fingerprint density at radius 2 is 1.89 bits per heavy atom. The molecule has 0 saturated heterocycles. The molecule has 1 aromatic heterocycles. The number of ether oxygens (including phenoxy) is 1. The molecule has 28 heavy (non-hydrogen) atoms. The molecule has 1 heterocycles. The predicted octanol–water partition coefficient (Wildman–Crippen LogP) is 3.63. The average molecular weight is 376 g/mol. The third-order valence-electron chi connectivity index (χ3n) is 4.38. The highest BCUT2D eigenvalue weighted by Gasteiger charge is 2.10. The van der Waals surface area contributed by atoms with Gasteiger partial charge in [-0.15, -0.1) is 0 Å². The second kappa shape index (κ2) is 9.50. The lowest BCUT2D eigenvalue weighted by atomic mass is 10.1. The molecule has 1 amide bonds. The van der Waals surface area contributed by atoms with Gasteiger partial charge in [0.05, 0.1) is 19.5 Å². The van der Waals surface area contributed by atoms with E-state index in [0.717, 1.165) is 16.9 Å². The fraction of sp³-hybridized carbons (Fsp3) is 0.227. The molecule has 0 aliphatic rings. The molecule has 0 spiro atoms. The van der Waals surface area contributed by atoms with Gasteiger partial charge in [-0.2, -0.15) is 0 Å². The Morgan fingerprint density at radius 3 is 2.61 bits per heavy atom. The van der Waals surface area contributed by atoms with E-state index < -0.39 is 0 Å². The molecule has 1 unspecified atom stereocenters. The number of carbonyl (C=O) groups is 1. The fourth-order valence-corrected chi connectivity index (χ4v) is 2.81. The minimum atomic E-state index is -0.238. The molecule has 0 aliphatic heterocycles. The molecule has 1 atom stereocenters. The van der Waals surface area contributed by atoms with Crippen molar-refractivity contribution in [3.63, 3.8) is 0 Å². The summed E-state index contributed by atoms with van der Waals surface area (Å²) in [5.41, 5.74) is 2.55. The molecule has 3 aromatic rings. The van der Waals surface area contributed by atoms with Crippen LogP contribution in [0.5, 0.6) is 5.75 Å². The molecule has 6 heteroatoms. The van der Waals surface area contributed by atoms with Gasteiger partial charge < -0.3 is 15.4 Å². The van der Waals surface area contributed by atoms with Crippen LogP contribution in [0.4, 0.5) is 5.82 Å². The smallest absolute Gasteiger partial charge is 0.271 e. The first kappa shape index (κ1) is 19.4. The number of hydrogen-bond donors (Lipinski definition) is 2. The second-order valence-corrected chi connectivity index (χ2v) is 6.42. The van der Waals surface area contributed by atoms with Gasteiger partial charge in [0.2, 0.25) is 0 Å². The number of rotatable bonds is 8. The fourth-order valence-electron chi connectivity index (χ4n) is 2.81. The van der Waals surface area contributed by atoms with E-state index in [0.29, 0.717) is 24.5 Å². The standard InChI is InChI=1S/C22H24N4O2/c1-16(18-8-4-3-5-9-18)26-21-15-24-20(14-25-21)22(27)23-12-11-17-7-6-10-19(13-17)28-2/h3-10,13-16H,11-12H2,1-2H3,(H,23,27)(H,25,26). The number of anilines is 1. The lowest BCUT2D eigenvalue weighted by Gasteiger charge is -2.14. The summed E-state index contributed by atoms with van der Waals surface area (Å²) in [6.45, 7) is 2.56. The third-order valence-corrected chi connectivity index (χ3v) is 4.38. The highest BCUT2D eigenvalue weighted by atomic mass is 16.5. The average Bonchev–Trinajstić information content (AvgIpc) is 2.75. The van der Waals surface area contributed by atoms with Gasteiger partial charge in [0.1, 0.15) is 17.3 Å². The summed E-state index contributed by atoms with van der Waals surface area (Å²) in [5, 5.41) is 6.15. The number of amides is 1. The van der Waals surface area contributed by atoms with Crippen molar-refractivity contribution >= 4 is 11.7 Å². The van der Waals surface area contributed by atoms with E-state index in [9.17, 15) is 4.79 Å². The van der Waals surface area contributed by atoms with Gasteiger partial charge in [-0.3, -0.25) is 4.79 Å². The normalized spacial score (nSPS) is 11.5. The van der Waals surface area contributed by atoms with Crippen LogP contribution in [-0.2, 0) is 6.42 Å². The van der Waals surface area contributed by atoms with Crippen LogP contribution in [0.2, 0.25) is 0 Å². The third kappa shape index (κ3) is 5.30. The van der Waals surface area contributed by atoms with E-state index in [1.807, 2.05) is 42.5 Å². The first-order valence-corrected chi connectivity index (χ1v) is 9.20. The molecule has 6 nitrogen and oxygen atoms in total. The molecule has 0 bridgehead atoms. The first-order chi connectivity index (χ1) is 13.7. The quantitative estimate of drug-likeness (QED) is 0.628.